The van der Waals surface area contributed by atoms with Crippen LogP contribution >= 0.6 is 15.9 Å². The molecule has 0 aliphatic heterocycles. The molecule has 2 aromatic heterocycles. The van der Waals surface area contributed by atoms with Gasteiger partial charge in [0.25, 0.3) is 5.56 Å². The monoisotopic (exact) mass is 509 g/mol. The number of rotatable bonds is 4. The van der Waals surface area contributed by atoms with Gasteiger partial charge < -0.3 is 14.7 Å². The first-order valence-electron chi connectivity index (χ1n) is 11.9. The minimum Gasteiger partial charge on any atom is -0.449 e. The Bertz CT molecular complexity index is 1320. The molecular weight excluding hydrogens is 478 g/mol. The molecule has 0 bridgehead atoms. The Hall–Kier alpha value is -2.44. The van der Waals surface area contributed by atoms with Crippen molar-refractivity contribution in [3.8, 4) is 11.4 Å². The normalized spacial score (nSPS) is 14.9. The van der Waals surface area contributed by atoms with Crippen molar-refractivity contribution in [1.82, 2.24) is 15.3 Å². The van der Waals surface area contributed by atoms with Gasteiger partial charge in [0.1, 0.15) is 16.9 Å². The minimum atomic E-state index is -0.266. The molecule has 2 aromatic carbocycles. The van der Waals surface area contributed by atoms with Crippen molar-refractivity contribution in [1.29, 1.82) is 0 Å². The van der Waals surface area contributed by atoms with Crippen LogP contribution in [0.2, 0.25) is 0 Å². The second-order valence-corrected chi connectivity index (χ2v) is 9.94. The number of fused-ring (bicyclic) bond motifs is 3. The van der Waals surface area contributed by atoms with Gasteiger partial charge in [-0.25, -0.2) is 4.98 Å². The van der Waals surface area contributed by atoms with Crippen LogP contribution in [0.25, 0.3) is 33.5 Å². The van der Waals surface area contributed by atoms with E-state index in [4.69, 9.17) is 9.40 Å². The number of aromatic nitrogens is 2. The highest BCUT2D eigenvalue weighted by molar-refractivity contribution is 9.10. The summed E-state index contributed by atoms with van der Waals surface area (Å²) in [5, 5.41) is 4.67. The van der Waals surface area contributed by atoms with Gasteiger partial charge in [0.2, 0.25) is 5.58 Å². The van der Waals surface area contributed by atoms with E-state index in [9.17, 15) is 4.79 Å². The van der Waals surface area contributed by atoms with E-state index in [1.807, 2.05) is 44.2 Å². The Morgan fingerprint density at radius 2 is 1.85 bits per heavy atom. The molecule has 0 atom stereocenters. The van der Waals surface area contributed by atoms with E-state index in [-0.39, 0.29) is 16.7 Å². The lowest BCUT2D eigenvalue weighted by atomic mass is 9.88. The molecule has 6 heteroatoms. The number of aromatic amines is 1. The van der Waals surface area contributed by atoms with E-state index in [0.717, 1.165) is 15.4 Å². The van der Waals surface area contributed by atoms with Crippen molar-refractivity contribution in [2.45, 2.75) is 71.4 Å². The zero-order valence-corrected chi connectivity index (χ0v) is 21.4. The first-order valence-corrected chi connectivity index (χ1v) is 12.7. The van der Waals surface area contributed by atoms with E-state index in [1.165, 1.54) is 37.7 Å². The second kappa shape index (κ2) is 9.82. The van der Waals surface area contributed by atoms with E-state index < -0.39 is 0 Å². The predicted molar refractivity (Wildman–Crippen MR) is 140 cm³/mol. The fourth-order valence-corrected chi connectivity index (χ4v) is 5.02. The molecule has 174 valence electrons. The molecule has 0 unspecified atom stereocenters. The molecule has 1 aliphatic carbocycles. The first-order chi connectivity index (χ1) is 15.9. The van der Waals surface area contributed by atoms with Gasteiger partial charge in [-0.05, 0) is 56.5 Å². The summed E-state index contributed by atoms with van der Waals surface area (Å²) < 4.78 is 6.67. The van der Waals surface area contributed by atoms with E-state index >= 15 is 0 Å². The van der Waals surface area contributed by atoms with Crippen LogP contribution in [0.5, 0.6) is 0 Å². The highest BCUT2D eigenvalue weighted by Crippen LogP contribution is 2.31. The molecule has 0 saturated heterocycles. The van der Waals surface area contributed by atoms with E-state index in [1.54, 1.807) is 0 Å². The van der Waals surface area contributed by atoms with Gasteiger partial charge in [0.05, 0.1) is 0 Å². The maximum Gasteiger partial charge on any atom is 0.294 e. The Kier molecular flexibility index (Phi) is 7.05. The number of benzene rings is 2. The summed E-state index contributed by atoms with van der Waals surface area (Å²) >= 11 is 3.49. The lowest BCUT2D eigenvalue weighted by molar-refractivity contribution is 0.283. The molecule has 1 fully saturated rings. The van der Waals surface area contributed by atoms with Gasteiger partial charge in [-0.3, -0.25) is 4.79 Å². The van der Waals surface area contributed by atoms with Crippen LogP contribution in [-0.2, 0) is 5.54 Å². The number of H-pyrrole nitrogens is 1. The van der Waals surface area contributed by atoms with E-state index in [2.05, 4.69) is 52.2 Å². The molecule has 5 rings (SSSR count). The average Bonchev–Trinajstić information content (AvgIpc) is 3.19. The summed E-state index contributed by atoms with van der Waals surface area (Å²) in [6.07, 6.45) is 6.41. The lowest BCUT2D eigenvalue weighted by Crippen LogP contribution is -2.44. The van der Waals surface area contributed by atoms with Crippen LogP contribution in [0, 0.1) is 0 Å². The van der Waals surface area contributed by atoms with Gasteiger partial charge in [-0.15, -0.1) is 0 Å². The molecule has 2 N–H and O–H groups in total. The van der Waals surface area contributed by atoms with Crippen LogP contribution in [0.15, 0.2) is 56.1 Å². The summed E-state index contributed by atoms with van der Waals surface area (Å²) in [4.78, 5) is 20.5. The number of hydrogen-bond donors (Lipinski definition) is 2. The smallest absolute Gasteiger partial charge is 0.294 e. The van der Waals surface area contributed by atoms with Crippen molar-refractivity contribution in [2.24, 2.45) is 0 Å². The van der Waals surface area contributed by atoms with Crippen molar-refractivity contribution in [2.75, 3.05) is 0 Å². The summed E-state index contributed by atoms with van der Waals surface area (Å²) in [7, 11) is 0. The van der Waals surface area contributed by atoms with Gasteiger partial charge in [-0.2, -0.15) is 0 Å². The van der Waals surface area contributed by atoms with Gasteiger partial charge >= 0.3 is 0 Å². The van der Waals surface area contributed by atoms with Crippen LogP contribution in [0.1, 0.15) is 65.4 Å². The first kappa shape index (κ1) is 23.7. The van der Waals surface area contributed by atoms with Gasteiger partial charge in [-0.1, -0.05) is 67.2 Å². The van der Waals surface area contributed by atoms with Crippen molar-refractivity contribution in [3.05, 3.63) is 62.9 Å². The fourth-order valence-electron chi connectivity index (χ4n) is 4.66. The molecule has 0 radical (unpaired) electrons. The SMILES string of the molecule is CC.CC(C)(NC1CCCCC1)c1cccc(-c2nc3c(oc4ccc(Br)cc43)c(=O)[nH]2)c1. The van der Waals surface area contributed by atoms with E-state index in [0.29, 0.717) is 23.0 Å². The Labute approximate surface area is 203 Å². The van der Waals surface area contributed by atoms with Crippen molar-refractivity contribution < 1.29 is 4.42 Å². The molecule has 0 amide bonds. The Morgan fingerprint density at radius 3 is 2.61 bits per heavy atom. The van der Waals surface area contributed by atoms with Crippen LogP contribution in [0.3, 0.4) is 0 Å². The Morgan fingerprint density at radius 1 is 1.09 bits per heavy atom. The third-order valence-corrected chi connectivity index (χ3v) is 6.81. The number of furan rings is 1. The number of nitrogens with one attached hydrogen (secondary N) is 2. The largest absolute Gasteiger partial charge is 0.449 e. The van der Waals surface area contributed by atoms with Crippen LogP contribution in [0.4, 0.5) is 0 Å². The lowest BCUT2D eigenvalue weighted by Gasteiger charge is -2.34. The standard InChI is InChI=1S/C25H26BrN3O2.C2H6/c1-25(2,29-18-9-4-3-5-10-18)16-8-6-7-15(13-16)23-27-21-19-14-17(26)11-12-20(19)31-22(21)24(30)28-23;1-2/h6-8,11-14,18,29H,3-5,9-10H2,1-2H3,(H,27,28,30);1-2H3. The fraction of sp³-hybridized carbons (Fsp3) is 0.407. The topological polar surface area (TPSA) is 70.9 Å². The van der Waals surface area contributed by atoms with Crippen LogP contribution in [-0.4, -0.2) is 16.0 Å². The molecule has 1 saturated carbocycles. The van der Waals surface area contributed by atoms with Crippen LogP contribution < -0.4 is 10.9 Å². The zero-order chi connectivity index (χ0) is 23.6. The predicted octanol–water partition coefficient (Wildman–Crippen LogP) is 7.28. The molecule has 33 heavy (non-hydrogen) atoms. The summed E-state index contributed by atoms with van der Waals surface area (Å²) in [6, 6.07) is 14.5. The van der Waals surface area contributed by atoms with Gasteiger partial charge in [0.15, 0.2) is 0 Å². The molecule has 4 aromatic rings. The quantitative estimate of drug-likeness (QED) is 0.303. The second-order valence-electron chi connectivity index (χ2n) is 9.02. The molecular formula is C27H32BrN3O2. The Balaban J connectivity index is 0.00000126. The highest BCUT2D eigenvalue weighted by atomic mass is 79.9. The molecule has 5 nitrogen and oxygen atoms in total. The third kappa shape index (κ3) is 4.92. The number of hydrogen-bond acceptors (Lipinski definition) is 4. The van der Waals surface area contributed by atoms with Crippen molar-refractivity contribution in [3.63, 3.8) is 0 Å². The maximum atomic E-state index is 12.8. The number of halogens is 1. The molecule has 1 aliphatic rings. The minimum absolute atomic E-state index is 0.171. The average molecular weight is 510 g/mol. The third-order valence-electron chi connectivity index (χ3n) is 6.31. The molecule has 2 heterocycles. The summed E-state index contributed by atoms with van der Waals surface area (Å²) in [5.41, 5.74) is 3.12. The van der Waals surface area contributed by atoms with Crippen molar-refractivity contribution >= 4 is 38.0 Å². The maximum absolute atomic E-state index is 12.8. The molecule has 0 spiro atoms. The highest BCUT2D eigenvalue weighted by Gasteiger charge is 2.26. The summed E-state index contributed by atoms with van der Waals surface area (Å²) in [6.45, 7) is 8.45. The zero-order valence-electron chi connectivity index (χ0n) is 19.8. The summed E-state index contributed by atoms with van der Waals surface area (Å²) in [5.74, 6) is 0.551. The van der Waals surface area contributed by atoms with Gasteiger partial charge in [0, 0.05) is 27.0 Å². The number of nitrogens with zero attached hydrogens (tertiary/aromatic N) is 1.